The van der Waals surface area contributed by atoms with Crippen molar-refractivity contribution in [1.29, 1.82) is 5.26 Å². The molecule has 0 radical (unpaired) electrons. The number of aromatic nitrogens is 1. The largest absolute Gasteiger partial charge is 0.347 e. The highest BCUT2D eigenvalue weighted by Gasteiger charge is 2.46. The summed E-state index contributed by atoms with van der Waals surface area (Å²) in [6.07, 6.45) is 5.11. The number of piperazine rings is 1. The number of pyridine rings is 1. The highest BCUT2D eigenvalue weighted by Crippen LogP contribution is 2.46. The molecule has 5 rings (SSSR count). The first-order valence-corrected chi connectivity index (χ1v) is 12.3. The van der Waals surface area contributed by atoms with E-state index in [9.17, 15) is 9.18 Å². The van der Waals surface area contributed by atoms with Crippen molar-refractivity contribution >= 4 is 27.7 Å². The first-order valence-electron chi connectivity index (χ1n) is 11.5. The predicted molar refractivity (Wildman–Crippen MR) is 127 cm³/mol. The van der Waals surface area contributed by atoms with Crippen LogP contribution in [0, 0.1) is 23.1 Å². The Labute approximate surface area is 201 Å². The van der Waals surface area contributed by atoms with E-state index in [2.05, 4.69) is 44.1 Å². The summed E-state index contributed by atoms with van der Waals surface area (Å²) in [5.41, 5.74) is 1.49. The van der Waals surface area contributed by atoms with Gasteiger partial charge in [-0.3, -0.25) is 4.79 Å². The Bertz CT molecular complexity index is 1100. The average molecular weight is 512 g/mol. The summed E-state index contributed by atoms with van der Waals surface area (Å²) in [5.74, 6) is 1.29. The first-order chi connectivity index (χ1) is 15.9. The van der Waals surface area contributed by atoms with Gasteiger partial charge in [0.1, 0.15) is 17.7 Å². The van der Waals surface area contributed by atoms with Crippen LogP contribution in [0.1, 0.15) is 43.7 Å². The molecule has 3 atom stereocenters. The van der Waals surface area contributed by atoms with Crippen LogP contribution in [-0.4, -0.2) is 47.5 Å². The highest BCUT2D eigenvalue weighted by atomic mass is 79.9. The molecule has 2 saturated heterocycles. The number of anilines is 1. The van der Waals surface area contributed by atoms with Gasteiger partial charge in [-0.25, -0.2) is 9.37 Å². The lowest BCUT2D eigenvalue weighted by Gasteiger charge is -2.42. The monoisotopic (exact) mass is 511 g/mol. The van der Waals surface area contributed by atoms with Crippen molar-refractivity contribution < 1.29 is 9.18 Å². The third kappa shape index (κ3) is 4.24. The van der Waals surface area contributed by atoms with Gasteiger partial charge < -0.3 is 15.1 Å². The van der Waals surface area contributed by atoms with E-state index in [0.717, 1.165) is 30.6 Å². The SMILES string of the molecule is C[C@@H]1CC2CN(C(=O)CCNC3(c4ccc(F)c(Br)c4)CC3)CC1N2c1ccc(C#N)cn1. The van der Waals surface area contributed by atoms with Gasteiger partial charge in [0.05, 0.1) is 16.1 Å². The number of halogens is 2. The van der Waals surface area contributed by atoms with Crippen LogP contribution in [0.5, 0.6) is 0 Å². The van der Waals surface area contributed by atoms with Crippen LogP contribution in [0.2, 0.25) is 0 Å². The van der Waals surface area contributed by atoms with E-state index in [0.29, 0.717) is 42.0 Å². The smallest absolute Gasteiger partial charge is 0.223 e. The van der Waals surface area contributed by atoms with E-state index in [4.69, 9.17) is 5.26 Å². The normalized spacial score (nSPS) is 25.1. The Hall–Kier alpha value is -2.50. The van der Waals surface area contributed by atoms with Gasteiger partial charge in [0.15, 0.2) is 0 Å². The summed E-state index contributed by atoms with van der Waals surface area (Å²) in [5, 5.41) is 12.6. The number of nitrogens with zero attached hydrogens (tertiary/aromatic N) is 4. The molecule has 1 aromatic carbocycles. The molecule has 3 fully saturated rings. The number of nitriles is 1. The molecule has 6 nitrogen and oxygen atoms in total. The van der Waals surface area contributed by atoms with Crippen molar-refractivity contribution in [3.63, 3.8) is 0 Å². The summed E-state index contributed by atoms with van der Waals surface area (Å²) < 4.78 is 14.1. The Morgan fingerprint density at radius 3 is 2.79 bits per heavy atom. The zero-order chi connectivity index (χ0) is 23.2. The van der Waals surface area contributed by atoms with E-state index >= 15 is 0 Å². The molecule has 1 aliphatic carbocycles. The molecule has 2 aliphatic heterocycles. The Balaban J connectivity index is 1.19. The minimum Gasteiger partial charge on any atom is -0.347 e. The zero-order valence-corrected chi connectivity index (χ0v) is 20.2. The molecule has 8 heteroatoms. The van der Waals surface area contributed by atoms with Crippen LogP contribution < -0.4 is 10.2 Å². The summed E-state index contributed by atoms with van der Waals surface area (Å²) in [6.45, 7) is 4.26. The lowest BCUT2D eigenvalue weighted by molar-refractivity contribution is -0.132. The molecule has 0 spiro atoms. The molecule has 33 heavy (non-hydrogen) atoms. The Morgan fingerprint density at radius 2 is 2.15 bits per heavy atom. The molecule has 3 aliphatic rings. The second kappa shape index (κ2) is 8.69. The van der Waals surface area contributed by atoms with Crippen molar-refractivity contribution in [2.24, 2.45) is 5.92 Å². The molecule has 1 saturated carbocycles. The van der Waals surface area contributed by atoms with E-state index < -0.39 is 0 Å². The van der Waals surface area contributed by atoms with Gasteiger partial charge in [-0.2, -0.15) is 5.26 Å². The van der Waals surface area contributed by atoms with Crippen molar-refractivity contribution in [1.82, 2.24) is 15.2 Å². The van der Waals surface area contributed by atoms with E-state index in [-0.39, 0.29) is 29.3 Å². The Morgan fingerprint density at radius 1 is 1.33 bits per heavy atom. The molecule has 1 amide bonds. The molecule has 2 aromatic rings. The maximum atomic E-state index is 13.6. The minimum atomic E-state index is -0.260. The second-order valence-corrected chi connectivity index (χ2v) is 10.4. The van der Waals surface area contributed by atoms with Crippen molar-refractivity contribution in [3.05, 3.63) is 57.9 Å². The van der Waals surface area contributed by atoms with E-state index in [1.807, 2.05) is 29.2 Å². The van der Waals surface area contributed by atoms with Gasteiger partial charge in [-0.05, 0) is 70.9 Å². The number of carbonyl (C=O) groups is 1. The fraction of sp³-hybridized carbons (Fsp3) is 0.480. The van der Waals surface area contributed by atoms with Crippen LogP contribution in [0.25, 0.3) is 0 Å². The molecular formula is C25H27BrFN5O. The number of benzene rings is 1. The summed E-state index contributed by atoms with van der Waals surface area (Å²) in [4.78, 5) is 21.9. The molecule has 1 N–H and O–H groups in total. The van der Waals surface area contributed by atoms with Crippen molar-refractivity contribution in [2.75, 3.05) is 24.5 Å². The number of fused-ring (bicyclic) bond motifs is 2. The fourth-order valence-corrected chi connectivity index (χ4v) is 5.83. The van der Waals surface area contributed by atoms with Crippen LogP contribution in [0.15, 0.2) is 41.0 Å². The van der Waals surface area contributed by atoms with Gasteiger partial charge in [0, 0.05) is 43.8 Å². The van der Waals surface area contributed by atoms with Crippen LogP contribution in [-0.2, 0) is 10.3 Å². The number of hydrogen-bond donors (Lipinski definition) is 1. The van der Waals surface area contributed by atoms with Crippen LogP contribution in [0.4, 0.5) is 10.2 Å². The molecule has 172 valence electrons. The Kier molecular flexibility index (Phi) is 5.87. The number of carbonyl (C=O) groups excluding carboxylic acids is 1. The van der Waals surface area contributed by atoms with Crippen molar-refractivity contribution in [2.45, 2.75) is 50.2 Å². The molecular weight excluding hydrogens is 485 g/mol. The van der Waals surface area contributed by atoms with E-state index in [1.54, 1.807) is 6.20 Å². The number of amides is 1. The highest BCUT2D eigenvalue weighted by molar-refractivity contribution is 9.10. The lowest BCUT2D eigenvalue weighted by atomic mass is 10.0. The van der Waals surface area contributed by atoms with Gasteiger partial charge in [0.2, 0.25) is 5.91 Å². The molecule has 1 aromatic heterocycles. The number of nitrogens with one attached hydrogen (secondary N) is 1. The fourth-order valence-electron chi connectivity index (χ4n) is 5.45. The minimum absolute atomic E-state index is 0.135. The number of likely N-dealkylation sites (tertiary alicyclic amines) is 1. The lowest BCUT2D eigenvalue weighted by Crippen LogP contribution is -2.56. The third-order valence-corrected chi connectivity index (χ3v) is 8.02. The molecule has 3 heterocycles. The third-order valence-electron chi connectivity index (χ3n) is 7.41. The van der Waals surface area contributed by atoms with Crippen LogP contribution >= 0.6 is 15.9 Å². The van der Waals surface area contributed by atoms with Crippen molar-refractivity contribution in [3.8, 4) is 6.07 Å². The summed E-state index contributed by atoms with van der Waals surface area (Å²) in [6, 6.07) is 11.5. The standard InChI is InChI=1S/C25H27BrFN5O/c1-16-10-19-14-31(15-22(16)32(19)23-5-2-17(12-28)13-29-23)24(33)6-9-30-25(7-8-25)18-3-4-21(27)20(26)11-18/h2-5,11,13,16,19,22,30H,6-10,14-15H2,1H3/t16-,19?,22?/m1/s1. The van der Waals surface area contributed by atoms with Gasteiger partial charge in [-0.15, -0.1) is 0 Å². The molecule has 2 bridgehead atoms. The van der Waals surface area contributed by atoms with Gasteiger partial charge in [-0.1, -0.05) is 13.0 Å². The average Bonchev–Trinajstić information content (AvgIpc) is 3.57. The summed E-state index contributed by atoms with van der Waals surface area (Å²) >= 11 is 3.27. The number of rotatable bonds is 6. The quantitative estimate of drug-likeness (QED) is 0.635. The zero-order valence-electron chi connectivity index (χ0n) is 18.6. The second-order valence-electron chi connectivity index (χ2n) is 9.54. The summed E-state index contributed by atoms with van der Waals surface area (Å²) in [7, 11) is 0. The number of hydrogen-bond acceptors (Lipinski definition) is 5. The predicted octanol–water partition coefficient (Wildman–Crippen LogP) is 3.95. The maximum absolute atomic E-state index is 13.6. The van der Waals surface area contributed by atoms with Gasteiger partial charge >= 0.3 is 0 Å². The van der Waals surface area contributed by atoms with E-state index in [1.165, 1.54) is 6.07 Å². The molecule has 2 unspecified atom stereocenters. The maximum Gasteiger partial charge on any atom is 0.223 e. The van der Waals surface area contributed by atoms with Gasteiger partial charge in [0.25, 0.3) is 0 Å². The topological polar surface area (TPSA) is 72.3 Å². The first kappa shape index (κ1) is 22.3. The van der Waals surface area contributed by atoms with Crippen LogP contribution in [0.3, 0.4) is 0 Å².